The Morgan fingerprint density at radius 1 is 1.11 bits per heavy atom. The van der Waals surface area contributed by atoms with Crippen LogP contribution in [0.2, 0.25) is 0 Å². The van der Waals surface area contributed by atoms with E-state index in [1.54, 1.807) is 0 Å². The lowest BCUT2D eigenvalue weighted by Crippen LogP contribution is -2.44. The molecule has 0 spiro atoms. The number of carbonyl (C=O) groups excluding carboxylic acids is 2. The molecular weight excluding hydrogens is 283 g/mol. The Hall–Kier alpha value is -1.63. The van der Waals surface area contributed by atoms with Gasteiger partial charge in [0.2, 0.25) is 0 Å². The molecule has 1 aliphatic rings. The molecule has 102 valence electrons. The number of hydrogen-bond donors (Lipinski definition) is 0. The highest BCUT2D eigenvalue weighted by atomic mass is 31.2. The Morgan fingerprint density at radius 3 is 1.89 bits per heavy atom. The van der Waals surface area contributed by atoms with Crippen molar-refractivity contribution in [1.82, 2.24) is 4.90 Å². The van der Waals surface area contributed by atoms with Gasteiger partial charge in [0.1, 0.15) is 0 Å². The fourth-order valence-electron chi connectivity index (χ4n) is 1.66. The van der Waals surface area contributed by atoms with Crippen LogP contribution in [-0.2, 0) is 4.57 Å². The van der Waals surface area contributed by atoms with E-state index in [-0.39, 0.29) is 16.0 Å². The number of imide groups is 1. The van der Waals surface area contributed by atoms with Crippen molar-refractivity contribution in [2.24, 2.45) is 0 Å². The van der Waals surface area contributed by atoms with Crippen LogP contribution in [0.5, 0.6) is 0 Å². The van der Waals surface area contributed by atoms with E-state index in [0.717, 1.165) is 0 Å². The lowest BCUT2D eigenvalue weighted by molar-refractivity contribution is -0.333. The third-order valence-electron chi connectivity index (χ3n) is 2.63. The predicted molar refractivity (Wildman–Crippen MR) is 54.4 cm³/mol. The fraction of sp³-hybridized carbons (Fsp3) is 0.200. The second-order valence-corrected chi connectivity index (χ2v) is 5.55. The quantitative estimate of drug-likeness (QED) is 0.566. The van der Waals surface area contributed by atoms with Crippen molar-refractivity contribution in [1.29, 1.82) is 0 Å². The number of hydrogen-bond acceptors (Lipinski definition) is 5. The van der Waals surface area contributed by atoms with Crippen LogP contribution in [0.15, 0.2) is 24.3 Å². The molecule has 6 nitrogen and oxygen atoms in total. The van der Waals surface area contributed by atoms with Gasteiger partial charge in [-0.3, -0.25) is 14.5 Å². The Labute approximate surface area is 105 Å². The monoisotopic (exact) mass is 289 g/mol. The number of amides is 2. The highest BCUT2D eigenvalue weighted by Gasteiger charge is 2.44. The van der Waals surface area contributed by atoms with Crippen LogP contribution in [0.4, 0.5) is 8.78 Å². The number of alkyl halides is 2. The Morgan fingerprint density at radius 2 is 1.53 bits per heavy atom. The first kappa shape index (κ1) is 13.8. The molecule has 0 fully saturated rings. The van der Waals surface area contributed by atoms with E-state index in [4.69, 9.17) is 0 Å². The molecule has 1 aliphatic heterocycles. The number of fused-ring (bicyclic) bond motifs is 1. The highest BCUT2D eigenvalue weighted by Crippen LogP contribution is 2.46. The zero-order chi connectivity index (χ0) is 14.4. The van der Waals surface area contributed by atoms with Gasteiger partial charge in [-0.05, 0) is 12.1 Å². The topological polar surface area (TPSA) is 101 Å². The number of carbonyl (C=O) groups is 2. The molecular formula is C10H6F2NO5P-2. The maximum absolute atomic E-state index is 13.1. The first-order chi connectivity index (χ1) is 8.65. The normalized spacial score (nSPS) is 15.9. The van der Waals surface area contributed by atoms with Gasteiger partial charge in [0.15, 0.2) is 0 Å². The summed E-state index contributed by atoms with van der Waals surface area (Å²) in [5, 5.41) is 0. The largest absolute Gasteiger partial charge is 0.806 e. The van der Waals surface area contributed by atoms with Gasteiger partial charge < -0.3 is 14.4 Å². The lowest BCUT2D eigenvalue weighted by atomic mass is 10.1. The summed E-state index contributed by atoms with van der Waals surface area (Å²) < 4.78 is 36.6. The van der Waals surface area contributed by atoms with E-state index < -0.39 is 31.6 Å². The van der Waals surface area contributed by atoms with Crippen LogP contribution in [0, 0.1) is 0 Å². The minimum atomic E-state index is -6.25. The molecule has 0 N–H and O–H groups in total. The van der Waals surface area contributed by atoms with Crippen LogP contribution in [-0.4, -0.2) is 28.9 Å². The molecule has 1 heterocycles. The number of benzene rings is 1. The van der Waals surface area contributed by atoms with Gasteiger partial charge >= 0.3 is 0 Å². The van der Waals surface area contributed by atoms with Crippen LogP contribution in [0.3, 0.4) is 0 Å². The molecule has 19 heavy (non-hydrogen) atoms. The molecule has 2 amide bonds. The maximum atomic E-state index is 13.1. The van der Waals surface area contributed by atoms with Crippen molar-refractivity contribution in [3.8, 4) is 0 Å². The molecule has 0 aliphatic carbocycles. The van der Waals surface area contributed by atoms with Gasteiger partial charge in [-0.25, -0.2) is 0 Å². The van der Waals surface area contributed by atoms with Crippen molar-refractivity contribution in [3.05, 3.63) is 35.4 Å². The standard InChI is InChI=1S/C10H8F2NO5P/c11-10(12,19(16,17)18)5-13-8(14)6-3-1-2-4-7(6)9(13)15/h1-4H,5H2,(H2,16,17,18)/p-2. The average molecular weight is 289 g/mol. The Kier molecular flexibility index (Phi) is 3.04. The third kappa shape index (κ3) is 2.18. The summed E-state index contributed by atoms with van der Waals surface area (Å²) in [6.45, 7) is -1.77. The van der Waals surface area contributed by atoms with Crippen molar-refractivity contribution >= 4 is 19.4 Å². The predicted octanol–water partition coefficient (Wildman–Crippen LogP) is -0.211. The summed E-state index contributed by atoms with van der Waals surface area (Å²) in [4.78, 5) is 44.2. The number of nitrogens with zero attached hydrogens (tertiary/aromatic N) is 1. The maximum Gasteiger partial charge on any atom is 0.289 e. The summed E-state index contributed by atoms with van der Waals surface area (Å²) in [5.74, 6) is -2.09. The molecule has 0 saturated heterocycles. The smallest absolute Gasteiger partial charge is 0.289 e. The van der Waals surface area contributed by atoms with Crippen LogP contribution >= 0.6 is 7.60 Å². The van der Waals surface area contributed by atoms with Gasteiger partial charge in [-0.15, -0.1) is 0 Å². The first-order valence-electron chi connectivity index (χ1n) is 5.00. The summed E-state index contributed by atoms with van der Waals surface area (Å²) >= 11 is 0. The number of halogens is 2. The zero-order valence-corrected chi connectivity index (χ0v) is 10.1. The molecule has 0 unspecified atom stereocenters. The van der Waals surface area contributed by atoms with Gasteiger partial charge in [-0.1, -0.05) is 12.1 Å². The third-order valence-corrected chi connectivity index (χ3v) is 3.57. The molecule has 0 atom stereocenters. The fourth-order valence-corrected chi connectivity index (χ4v) is 1.97. The minimum Gasteiger partial charge on any atom is -0.806 e. The molecule has 0 saturated carbocycles. The SMILES string of the molecule is O=C1c2ccccc2C(=O)N1CC(F)(F)P(=O)([O-])[O-]. The molecule has 9 heteroatoms. The highest BCUT2D eigenvalue weighted by molar-refractivity contribution is 7.50. The van der Waals surface area contributed by atoms with E-state index in [9.17, 15) is 32.7 Å². The van der Waals surface area contributed by atoms with Gasteiger partial charge in [-0.2, -0.15) is 8.78 Å². The van der Waals surface area contributed by atoms with Crippen molar-refractivity contribution in [3.63, 3.8) is 0 Å². The summed E-state index contributed by atoms with van der Waals surface area (Å²) in [6, 6.07) is 5.36. The van der Waals surface area contributed by atoms with E-state index in [1.165, 1.54) is 24.3 Å². The summed E-state index contributed by atoms with van der Waals surface area (Å²) in [7, 11) is -6.25. The molecule has 1 aromatic carbocycles. The Bertz CT molecular complexity index is 577. The number of rotatable bonds is 3. The van der Waals surface area contributed by atoms with E-state index in [0.29, 0.717) is 0 Å². The van der Waals surface area contributed by atoms with Crippen LogP contribution < -0.4 is 9.79 Å². The van der Waals surface area contributed by atoms with Crippen molar-refractivity contribution in [2.75, 3.05) is 6.54 Å². The van der Waals surface area contributed by atoms with E-state index in [1.807, 2.05) is 0 Å². The summed E-state index contributed by atoms with van der Waals surface area (Å²) in [5.41, 5.74) is -4.90. The van der Waals surface area contributed by atoms with Crippen LogP contribution in [0.25, 0.3) is 0 Å². The molecule has 0 aromatic heterocycles. The second kappa shape index (κ2) is 4.19. The van der Waals surface area contributed by atoms with E-state index >= 15 is 0 Å². The van der Waals surface area contributed by atoms with Gasteiger partial charge in [0.25, 0.3) is 17.5 Å². The van der Waals surface area contributed by atoms with Gasteiger partial charge in [0, 0.05) is 7.60 Å². The van der Waals surface area contributed by atoms with Crippen LogP contribution in [0.1, 0.15) is 20.7 Å². The minimum absolute atomic E-state index is 0.0626. The zero-order valence-electron chi connectivity index (χ0n) is 9.21. The van der Waals surface area contributed by atoms with Crippen molar-refractivity contribution < 1.29 is 32.7 Å². The van der Waals surface area contributed by atoms with Crippen molar-refractivity contribution in [2.45, 2.75) is 5.66 Å². The Balaban J connectivity index is 2.34. The average Bonchev–Trinajstić information content (AvgIpc) is 2.54. The first-order valence-corrected chi connectivity index (χ1v) is 6.54. The molecule has 1 aromatic rings. The molecule has 2 rings (SSSR count). The molecule has 0 radical (unpaired) electrons. The molecule has 0 bridgehead atoms. The lowest BCUT2D eigenvalue weighted by Gasteiger charge is -2.38. The van der Waals surface area contributed by atoms with Gasteiger partial charge in [0.05, 0.1) is 17.7 Å². The second-order valence-electron chi connectivity index (χ2n) is 3.91. The van der Waals surface area contributed by atoms with E-state index in [2.05, 4.69) is 0 Å². The summed E-state index contributed by atoms with van der Waals surface area (Å²) in [6.07, 6.45) is 0.